The van der Waals surface area contributed by atoms with E-state index in [-0.39, 0.29) is 6.04 Å². The Labute approximate surface area is 125 Å². The van der Waals surface area contributed by atoms with E-state index in [9.17, 15) is 0 Å². The van der Waals surface area contributed by atoms with Gasteiger partial charge in [-0.3, -0.25) is 0 Å². The number of para-hydroxylation sites is 1. The first-order valence-electron chi connectivity index (χ1n) is 6.86. The van der Waals surface area contributed by atoms with Crippen LogP contribution in [-0.2, 0) is 0 Å². The molecule has 0 saturated heterocycles. The molecule has 3 heteroatoms. The smallest absolute Gasteiger partial charge is 0.146 e. The van der Waals surface area contributed by atoms with Crippen LogP contribution in [0.2, 0.25) is 5.02 Å². The molecule has 2 aromatic rings. The van der Waals surface area contributed by atoms with Crippen LogP contribution in [0.5, 0.6) is 11.5 Å². The summed E-state index contributed by atoms with van der Waals surface area (Å²) in [7, 11) is 1.96. The molecule has 20 heavy (non-hydrogen) atoms. The zero-order chi connectivity index (χ0) is 14.5. The third-order valence-electron chi connectivity index (χ3n) is 3.36. The van der Waals surface area contributed by atoms with Crippen molar-refractivity contribution in [1.29, 1.82) is 0 Å². The molecule has 0 aliphatic rings. The topological polar surface area (TPSA) is 21.3 Å². The van der Waals surface area contributed by atoms with Gasteiger partial charge in [-0.15, -0.1) is 0 Å². The van der Waals surface area contributed by atoms with Gasteiger partial charge in [0, 0.05) is 11.6 Å². The van der Waals surface area contributed by atoms with Crippen LogP contribution in [0.15, 0.2) is 42.5 Å². The molecule has 0 fully saturated rings. The number of ether oxygens (including phenoxy) is 1. The van der Waals surface area contributed by atoms with Crippen LogP contribution in [-0.4, -0.2) is 7.05 Å². The number of halogens is 1. The molecule has 0 aliphatic heterocycles. The molecule has 2 rings (SSSR count). The summed E-state index contributed by atoms with van der Waals surface area (Å²) in [6.45, 7) is 4.18. The summed E-state index contributed by atoms with van der Waals surface area (Å²) < 4.78 is 6.03. The fourth-order valence-corrected chi connectivity index (χ4v) is 2.40. The maximum absolute atomic E-state index is 6.21. The van der Waals surface area contributed by atoms with E-state index in [2.05, 4.69) is 18.3 Å². The van der Waals surface area contributed by atoms with Gasteiger partial charge in [0.2, 0.25) is 0 Å². The van der Waals surface area contributed by atoms with E-state index < -0.39 is 0 Å². The number of benzene rings is 2. The van der Waals surface area contributed by atoms with Gasteiger partial charge < -0.3 is 10.1 Å². The molecule has 1 N–H and O–H groups in total. The van der Waals surface area contributed by atoms with Gasteiger partial charge in [-0.2, -0.15) is 0 Å². The molecular weight excluding hydrogens is 270 g/mol. The third-order valence-corrected chi connectivity index (χ3v) is 3.67. The second-order valence-electron chi connectivity index (χ2n) is 4.82. The second kappa shape index (κ2) is 6.78. The number of nitrogens with one attached hydrogen (secondary N) is 1. The van der Waals surface area contributed by atoms with Crippen LogP contribution in [0.25, 0.3) is 0 Å². The summed E-state index contributed by atoms with van der Waals surface area (Å²) in [5.74, 6) is 1.55. The maximum atomic E-state index is 6.21. The molecule has 0 amide bonds. The van der Waals surface area contributed by atoms with E-state index in [1.165, 1.54) is 0 Å². The van der Waals surface area contributed by atoms with Gasteiger partial charge >= 0.3 is 0 Å². The van der Waals surface area contributed by atoms with Crippen molar-refractivity contribution < 1.29 is 4.74 Å². The van der Waals surface area contributed by atoms with E-state index in [4.69, 9.17) is 16.3 Å². The van der Waals surface area contributed by atoms with Crippen LogP contribution in [0.4, 0.5) is 0 Å². The average molecular weight is 290 g/mol. The van der Waals surface area contributed by atoms with Gasteiger partial charge in [-0.05, 0) is 44.2 Å². The average Bonchev–Trinajstić information content (AvgIpc) is 2.46. The van der Waals surface area contributed by atoms with Crippen molar-refractivity contribution in [2.24, 2.45) is 0 Å². The minimum absolute atomic E-state index is 0.273. The highest BCUT2D eigenvalue weighted by molar-refractivity contribution is 6.32. The molecule has 2 nitrogen and oxygen atoms in total. The first-order valence-corrected chi connectivity index (χ1v) is 7.23. The minimum Gasteiger partial charge on any atom is -0.455 e. The lowest BCUT2D eigenvalue weighted by molar-refractivity contribution is 0.459. The SMILES string of the molecule is CCC(NC)c1ccccc1Oc1cc(C)ccc1Cl. The van der Waals surface area contributed by atoms with Crippen molar-refractivity contribution >= 4 is 11.6 Å². The molecule has 2 aromatic carbocycles. The summed E-state index contributed by atoms with van der Waals surface area (Å²) >= 11 is 6.21. The summed E-state index contributed by atoms with van der Waals surface area (Å²) in [5.41, 5.74) is 2.28. The largest absolute Gasteiger partial charge is 0.455 e. The van der Waals surface area contributed by atoms with E-state index in [0.717, 1.165) is 23.3 Å². The summed E-state index contributed by atoms with van der Waals surface area (Å²) in [4.78, 5) is 0. The molecule has 0 radical (unpaired) electrons. The Hall–Kier alpha value is -1.51. The van der Waals surface area contributed by atoms with Crippen LogP contribution in [0.3, 0.4) is 0 Å². The quantitative estimate of drug-likeness (QED) is 0.826. The Balaban J connectivity index is 2.36. The summed E-state index contributed by atoms with van der Waals surface area (Å²) in [6, 6.07) is 14.1. The molecule has 0 aliphatic carbocycles. The Kier molecular flexibility index (Phi) is 5.05. The third kappa shape index (κ3) is 3.33. The normalized spacial score (nSPS) is 12.2. The van der Waals surface area contributed by atoms with Crippen molar-refractivity contribution in [1.82, 2.24) is 5.32 Å². The fourth-order valence-electron chi connectivity index (χ4n) is 2.25. The molecule has 106 valence electrons. The number of aryl methyl sites for hydroxylation is 1. The van der Waals surface area contributed by atoms with Crippen LogP contribution >= 0.6 is 11.6 Å². The zero-order valence-electron chi connectivity index (χ0n) is 12.1. The van der Waals surface area contributed by atoms with Crippen LogP contribution in [0, 0.1) is 6.92 Å². The van der Waals surface area contributed by atoms with Gasteiger partial charge in [0.25, 0.3) is 0 Å². The first kappa shape index (κ1) is 14.9. The van der Waals surface area contributed by atoms with Crippen molar-refractivity contribution in [2.45, 2.75) is 26.3 Å². The number of rotatable bonds is 5. The zero-order valence-corrected chi connectivity index (χ0v) is 12.9. The lowest BCUT2D eigenvalue weighted by atomic mass is 10.0. The Bertz CT molecular complexity index is 579. The van der Waals surface area contributed by atoms with E-state index in [1.807, 2.05) is 50.4 Å². The van der Waals surface area contributed by atoms with Gasteiger partial charge in [0.1, 0.15) is 11.5 Å². The van der Waals surface area contributed by atoms with E-state index in [1.54, 1.807) is 0 Å². The van der Waals surface area contributed by atoms with Gasteiger partial charge in [0.05, 0.1) is 5.02 Å². The second-order valence-corrected chi connectivity index (χ2v) is 5.23. The molecule has 0 aromatic heterocycles. The molecule has 0 bridgehead atoms. The predicted molar refractivity (Wildman–Crippen MR) is 84.8 cm³/mol. The lowest BCUT2D eigenvalue weighted by Crippen LogP contribution is -2.15. The predicted octanol–water partition coefficient (Wildman–Crippen LogP) is 5.11. The maximum Gasteiger partial charge on any atom is 0.146 e. The fraction of sp³-hybridized carbons (Fsp3) is 0.294. The van der Waals surface area contributed by atoms with Gasteiger partial charge in [-0.1, -0.05) is 42.8 Å². The van der Waals surface area contributed by atoms with Gasteiger partial charge in [-0.25, -0.2) is 0 Å². The monoisotopic (exact) mass is 289 g/mol. The highest BCUT2D eigenvalue weighted by Crippen LogP contribution is 2.34. The molecule has 0 heterocycles. The highest BCUT2D eigenvalue weighted by Gasteiger charge is 2.13. The minimum atomic E-state index is 0.273. The summed E-state index contributed by atoms with van der Waals surface area (Å²) in [6.07, 6.45) is 0.998. The van der Waals surface area contributed by atoms with Crippen LogP contribution < -0.4 is 10.1 Å². The van der Waals surface area contributed by atoms with Crippen LogP contribution in [0.1, 0.15) is 30.5 Å². The Morgan fingerprint density at radius 3 is 2.60 bits per heavy atom. The molecule has 1 atom stereocenters. The first-order chi connectivity index (χ1) is 9.65. The van der Waals surface area contributed by atoms with Crippen molar-refractivity contribution in [3.63, 3.8) is 0 Å². The number of hydrogen-bond acceptors (Lipinski definition) is 2. The van der Waals surface area contributed by atoms with Crippen molar-refractivity contribution in [2.75, 3.05) is 7.05 Å². The number of hydrogen-bond donors (Lipinski definition) is 1. The molecule has 0 spiro atoms. The van der Waals surface area contributed by atoms with E-state index in [0.29, 0.717) is 10.8 Å². The van der Waals surface area contributed by atoms with Crippen molar-refractivity contribution in [3.8, 4) is 11.5 Å². The molecule has 0 saturated carbocycles. The lowest BCUT2D eigenvalue weighted by Gasteiger charge is -2.19. The Morgan fingerprint density at radius 2 is 1.90 bits per heavy atom. The molecule has 1 unspecified atom stereocenters. The Morgan fingerprint density at radius 1 is 1.15 bits per heavy atom. The standard InChI is InChI=1S/C17H20ClNO/c1-4-15(19-3)13-7-5-6-8-16(13)20-17-11-12(2)9-10-14(17)18/h5-11,15,19H,4H2,1-3H3. The summed E-state index contributed by atoms with van der Waals surface area (Å²) in [5, 5.41) is 3.93. The van der Waals surface area contributed by atoms with Gasteiger partial charge in [0.15, 0.2) is 0 Å². The van der Waals surface area contributed by atoms with Crippen molar-refractivity contribution in [3.05, 3.63) is 58.6 Å². The molecular formula is C17H20ClNO. The highest BCUT2D eigenvalue weighted by atomic mass is 35.5. The van der Waals surface area contributed by atoms with E-state index >= 15 is 0 Å².